The van der Waals surface area contributed by atoms with Crippen molar-refractivity contribution >= 4 is 11.0 Å². The summed E-state index contributed by atoms with van der Waals surface area (Å²) in [6, 6.07) is 5.91. The molecule has 0 spiro atoms. The van der Waals surface area contributed by atoms with Gasteiger partial charge >= 0.3 is 0 Å². The first-order valence-corrected chi connectivity index (χ1v) is 5.69. The largest absolute Gasteiger partial charge is 0.497 e. The fraction of sp³-hybridized carbons (Fsp3) is 0.462. The molecule has 2 N–H and O–H groups in total. The number of nitrogens with two attached hydrogens (primary N) is 1. The Balaban J connectivity index is 2.49. The normalized spacial score (nSPS) is 12.1. The van der Waals surface area contributed by atoms with E-state index in [1.54, 1.807) is 7.11 Å². The predicted molar refractivity (Wildman–Crippen MR) is 69.2 cm³/mol. The Labute approximate surface area is 101 Å². The van der Waals surface area contributed by atoms with Crippen molar-refractivity contribution in [2.75, 3.05) is 7.11 Å². The standard InChI is InChI=1S/C13H19N3O/c1-13(2,14)8-12-15-10-7-9(17-4)5-6-11(10)16(12)3/h5-7H,8,14H2,1-4H3. The number of hydrogen-bond acceptors (Lipinski definition) is 3. The summed E-state index contributed by atoms with van der Waals surface area (Å²) in [5.41, 5.74) is 7.84. The molecule has 2 rings (SSSR count). The van der Waals surface area contributed by atoms with Crippen molar-refractivity contribution in [3.8, 4) is 5.75 Å². The molecule has 1 aromatic heterocycles. The number of aryl methyl sites for hydroxylation is 1. The third kappa shape index (κ3) is 2.42. The summed E-state index contributed by atoms with van der Waals surface area (Å²) >= 11 is 0. The third-order valence-electron chi connectivity index (χ3n) is 2.79. The quantitative estimate of drug-likeness (QED) is 0.880. The molecule has 0 unspecified atom stereocenters. The highest BCUT2D eigenvalue weighted by atomic mass is 16.5. The van der Waals surface area contributed by atoms with E-state index in [-0.39, 0.29) is 5.54 Å². The van der Waals surface area contributed by atoms with E-state index in [2.05, 4.69) is 9.55 Å². The summed E-state index contributed by atoms with van der Waals surface area (Å²) in [7, 11) is 3.68. The second-order valence-corrected chi connectivity index (χ2v) is 5.11. The van der Waals surface area contributed by atoms with Gasteiger partial charge in [0, 0.05) is 25.1 Å². The molecule has 2 aromatic rings. The first kappa shape index (κ1) is 11.9. The zero-order chi connectivity index (χ0) is 12.6. The second kappa shape index (κ2) is 4.04. The highest BCUT2D eigenvalue weighted by Gasteiger charge is 2.17. The van der Waals surface area contributed by atoms with Gasteiger partial charge in [-0.3, -0.25) is 0 Å². The molecular weight excluding hydrogens is 214 g/mol. The summed E-state index contributed by atoms with van der Waals surface area (Å²) in [4.78, 5) is 4.61. The highest BCUT2D eigenvalue weighted by molar-refractivity contribution is 5.77. The Morgan fingerprint density at radius 1 is 1.41 bits per heavy atom. The van der Waals surface area contributed by atoms with Crippen molar-refractivity contribution in [1.29, 1.82) is 0 Å². The van der Waals surface area contributed by atoms with Crippen LogP contribution in [0.15, 0.2) is 18.2 Å². The molecule has 0 fully saturated rings. The molecule has 1 aromatic carbocycles. The molecule has 0 aliphatic carbocycles. The smallest absolute Gasteiger partial charge is 0.121 e. The lowest BCUT2D eigenvalue weighted by molar-refractivity contribution is 0.415. The van der Waals surface area contributed by atoms with E-state index in [1.165, 1.54) is 0 Å². The predicted octanol–water partition coefficient (Wildman–Crippen LogP) is 1.86. The Kier molecular flexibility index (Phi) is 2.83. The minimum atomic E-state index is -0.251. The molecule has 0 radical (unpaired) electrons. The van der Waals surface area contributed by atoms with Crippen molar-refractivity contribution in [2.45, 2.75) is 25.8 Å². The fourth-order valence-corrected chi connectivity index (χ4v) is 1.92. The van der Waals surface area contributed by atoms with Crippen LogP contribution in [-0.4, -0.2) is 22.2 Å². The van der Waals surface area contributed by atoms with Crippen LogP contribution in [0.3, 0.4) is 0 Å². The van der Waals surface area contributed by atoms with Crippen molar-refractivity contribution in [1.82, 2.24) is 9.55 Å². The molecule has 0 bridgehead atoms. The molecule has 0 aliphatic heterocycles. The van der Waals surface area contributed by atoms with Crippen molar-refractivity contribution in [3.05, 3.63) is 24.0 Å². The van der Waals surface area contributed by atoms with Gasteiger partial charge in [-0.15, -0.1) is 0 Å². The van der Waals surface area contributed by atoms with Crippen LogP contribution in [0.5, 0.6) is 5.75 Å². The van der Waals surface area contributed by atoms with Gasteiger partial charge < -0.3 is 15.0 Å². The number of hydrogen-bond donors (Lipinski definition) is 1. The van der Waals surface area contributed by atoms with Crippen LogP contribution in [0.1, 0.15) is 19.7 Å². The van der Waals surface area contributed by atoms with Crippen LogP contribution in [0.4, 0.5) is 0 Å². The lowest BCUT2D eigenvalue weighted by Crippen LogP contribution is -2.35. The number of rotatable bonds is 3. The van der Waals surface area contributed by atoms with Gasteiger partial charge in [0.25, 0.3) is 0 Å². The first-order chi connectivity index (χ1) is 7.90. The van der Waals surface area contributed by atoms with Gasteiger partial charge in [0.1, 0.15) is 11.6 Å². The van der Waals surface area contributed by atoms with Gasteiger partial charge in [-0.25, -0.2) is 4.98 Å². The zero-order valence-corrected chi connectivity index (χ0v) is 10.8. The van der Waals surface area contributed by atoms with Gasteiger partial charge in [-0.1, -0.05) is 0 Å². The van der Waals surface area contributed by atoms with Crippen LogP contribution in [0, 0.1) is 0 Å². The Morgan fingerprint density at radius 2 is 2.12 bits per heavy atom. The Morgan fingerprint density at radius 3 is 2.71 bits per heavy atom. The molecule has 0 atom stereocenters. The summed E-state index contributed by atoms with van der Waals surface area (Å²) in [6.45, 7) is 4.01. The zero-order valence-electron chi connectivity index (χ0n) is 10.8. The summed E-state index contributed by atoms with van der Waals surface area (Å²) in [5.74, 6) is 1.83. The number of imidazole rings is 1. The average molecular weight is 233 g/mol. The van der Waals surface area contributed by atoms with Crippen LogP contribution >= 0.6 is 0 Å². The van der Waals surface area contributed by atoms with Crippen molar-refractivity contribution < 1.29 is 4.74 Å². The van der Waals surface area contributed by atoms with E-state index in [0.717, 1.165) is 29.0 Å². The summed E-state index contributed by atoms with van der Waals surface area (Å²) in [5, 5.41) is 0. The number of methoxy groups -OCH3 is 1. The molecule has 4 nitrogen and oxygen atoms in total. The molecule has 4 heteroatoms. The number of nitrogens with zero attached hydrogens (tertiary/aromatic N) is 2. The maximum atomic E-state index is 6.04. The van der Waals surface area contributed by atoms with E-state index in [1.807, 2.05) is 39.1 Å². The number of benzene rings is 1. The Hall–Kier alpha value is -1.55. The van der Waals surface area contributed by atoms with Crippen molar-refractivity contribution in [3.63, 3.8) is 0 Å². The lowest BCUT2D eigenvalue weighted by Gasteiger charge is -2.17. The number of ether oxygens (including phenoxy) is 1. The minimum Gasteiger partial charge on any atom is -0.497 e. The summed E-state index contributed by atoms with van der Waals surface area (Å²) < 4.78 is 7.29. The van der Waals surface area contributed by atoms with E-state index >= 15 is 0 Å². The lowest BCUT2D eigenvalue weighted by atomic mass is 10.0. The van der Waals surface area contributed by atoms with Gasteiger partial charge in [0.15, 0.2) is 0 Å². The molecule has 0 saturated carbocycles. The third-order valence-corrected chi connectivity index (χ3v) is 2.79. The van der Waals surface area contributed by atoms with Gasteiger partial charge in [0.05, 0.1) is 18.1 Å². The van der Waals surface area contributed by atoms with Crippen LogP contribution in [0.25, 0.3) is 11.0 Å². The average Bonchev–Trinajstić information content (AvgIpc) is 2.53. The maximum absolute atomic E-state index is 6.04. The van der Waals surface area contributed by atoms with Gasteiger partial charge in [0.2, 0.25) is 0 Å². The van der Waals surface area contributed by atoms with Crippen LogP contribution < -0.4 is 10.5 Å². The van der Waals surface area contributed by atoms with Crippen molar-refractivity contribution in [2.24, 2.45) is 12.8 Å². The van der Waals surface area contributed by atoms with Gasteiger partial charge in [-0.05, 0) is 26.0 Å². The Bertz CT molecular complexity index is 537. The fourth-order valence-electron chi connectivity index (χ4n) is 1.92. The monoisotopic (exact) mass is 233 g/mol. The molecule has 0 saturated heterocycles. The molecule has 17 heavy (non-hydrogen) atoms. The number of fused-ring (bicyclic) bond motifs is 1. The molecule has 1 heterocycles. The van der Waals surface area contributed by atoms with E-state index in [4.69, 9.17) is 10.5 Å². The van der Waals surface area contributed by atoms with Crippen LogP contribution in [-0.2, 0) is 13.5 Å². The molecule has 0 aliphatic rings. The molecule has 0 amide bonds. The van der Waals surface area contributed by atoms with Crippen LogP contribution in [0.2, 0.25) is 0 Å². The van der Waals surface area contributed by atoms with E-state index < -0.39 is 0 Å². The SMILES string of the molecule is COc1ccc2c(c1)nc(CC(C)(C)N)n2C. The molecular formula is C13H19N3O. The topological polar surface area (TPSA) is 53.1 Å². The minimum absolute atomic E-state index is 0.251. The second-order valence-electron chi connectivity index (χ2n) is 5.11. The highest BCUT2D eigenvalue weighted by Crippen LogP contribution is 2.22. The first-order valence-electron chi connectivity index (χ1n) is 5.69. The summed E-state index contributed by atoms with van der Waals surface area (Å²) in [6.07, 6.45) is 0.750. The number of aromatic nitrogens is 2. The van der Waals surface area contributed by atoms with Gasteiger partial charge in [-0.2, -0.15) is 0 Å². The van der Waals surface area contributed by atoms with E-state index in [0.29, 0.717) is 0 Å². The molecule has 92 valence electrons. The van der Waals surface area contributed by atoms with E-state index in [9.17, 15) is 0 Å². The maximum Gasteiger partial charge on any atom is 0.121 e.